The Hall–Kier alpha value is -2.59. The topological polar surface area (TPSA) is 30.2 Å². The largest absolute Gasteiger partial charge is 0.246 e. The van der Waals surface area contributed by atoms with Crippen LogP contribution in [0.1, 0.15) is 22.3 Å². The summed E-state index contributed by atoms with van der Waals surface area (Å²) in [5.74, 6) is 0.906. The van der Waals surface area contributed by atoms with Crippen LogP contribution in [-0.4, -0.2) is 14.6 Å². The predicted molar refractivity (Wildman–Crippen MR) is 109 cm³/mol. The molecule has 0 aliphatic carbocycles. The molecule has 0 unspecified atom stereocenters. The molecule has 0 saturated heterocycles. The fourth-order valence-electron chi connectivity index (χ4n) is 3.16. The highest BCUT2D eigenvalue weighted by Gasteiger charge is 2.11. The Labute approximate surface area is 158 Å². The number of thioether (sulfide) groups is 1. The van der Waals surface area contributed by atoms with Gasteiger partial charge in [0.2, 0.25) is 0 Å². The first kappa shape index (κ1) is 16.9. The van der Waals surface area contributed by atoms with Crippen LogP contribution >= 0.6 is 11.8 Å². The molecule has 0 radical (unpaired) electrons. The van der Waals surface area contributed by atoms with Crippen molar-refractivity contribution in [1.82, 2.24) is 14.6 Å². The van der Waals surface area contributed by atoms with Crippen LogP contribution in [0.15, 0.2) is 66.0 Å². The van der Waals surface area contributed by atoms with E-state index in [-0.39, 0.29) is 0 Å². The molecule has 0 N–H and O–H groups in total. The third-order valence-electron chi connectivity index (χ3n) is 4.64. The lowest BCUT2D eigenvalue weighted by atomic mass is 10.0. The summed E-state index contributed by atoms with van der Waals surface area (Å²) in [7, 11) is 0. The summed E-state index contributed by atoms with van der Waals surface area (Å²) in [6, 6.07) is 17.1. The number of hydrogen-bond donors (Lipinski definition) is 0. The third-order valence-corrected chi connectivity index (χ3v) is 5.68. The van der Waals surface area contributed by atoms with Gasteiger partial charge >= 0.3 is 0 Å². The smallest absolute Gasteiger partial charge is 0.122 e. The van der Waals surface area contributed by atoms with E-state index in [0.29, 0.717) is 0 Å². The minimum Gasteiger partial charge on any atom is -0.246 e. The Morgan fingerprint density at radius 2 is 1.81 bits per heavy atom. The second-order valence-electron chi connectivity index (χ2n) is 6.63. The molecular weight excluding hydrogens is 338 g/mol. The molecule has 2 aromatic carbocycles. The summed E-state index contributed by atoms with van der Waals surface area (Å²) >= 11 is 1.76. The first-order valence-electron chi connectivity index (χ1n) is 8.71. The zero-order valence-electron chi connectivity index (χ0n) is 15.2. The Balaban J connectivity index is 1.68. The molecule has 0 aliphatic rings. The van der Waals surface area contributed by atoms with Gasteiger partial charge in [0.25, 0.3) is 0 Å². The molecule has 2 heterocycles. The highest BCUT2D eigenvalue weighted by molar-refractivity contribution is 7.98. The maximum atomic E-state index is 4.77. The van der Waals surface area contributed by atoms with E-state index in [1.165, 1.54) is 27.8 Å². The number of benzene rings is 2. The standard InChI is InChI=1S/C22H21N3S/c1-15-8-9-19(17(3)12-15)20-13-21-22(23-10-11-25(21)24-20)26-14-18-7-5-4-6-16(18)2/h4-13H,14H2,1-3H3. The second-order valence-corrected chi connectivity index (χ2v) is 7.59. The maximum Gasteiger partial charge on any atom is 0.122 e. The molecule has 4 heteroatoms. The number of nitrogens with zero attached hydrogens (tertiary/aromatic N) is 3. The van der Waals surface area contributed by atoms with Crippen molar-refractivity contribution in [3.8, 4) is 11.3 Å². The number of fused-ring (bicyclic) bond motifs is 1. The quantitative estimate of drug-likeness (QED) is 0.443. The highest BCUT2D eigenvalue weighted by atomic mass is 32.2. The van der Waals surface area contributed by atoms with Gasteiger partial charge in [-0.3, -0.25) is 0 Å². The van der Waals surface area contributed by atoms with Crippen molar-refractivity contribution in [2.24, 2.45) is 0 Å². The van der Waals surface area contributed by atoms with E-state index >= 15 is 0 Å². The average Bonchev–Trinajstić information content (AvgIpc) is 3.05. The van der Waals surface area contributed by atoms with Crippen LogP contribution in [0, 0.1) is 20.8 Å². The first-order valence-corrected chi connectivity index (χ1v) is 9.70. The molecule has 0 amide bonds. The van der Waals surface area contributed by atoms with E-state index in [2.05, 4.69) is 74.3 Å². The zero-order chi connectivity index (χ0) is 18.1. The van der Waals surface area contributed by atoms with Gasteiger partial charge in [-0.25, -0.2) is 9.50 Å². The number of aryl methyl sites for hydroxylation is 3. The summed E-state index contributed by atoms with van der Waals surface area (Å²) in [5, 5.41) is 5.78. The van der Waals surface area contributed by atoms with Gasteiger partial charge in [0, 0.05) is 23.7 Å². The van der Waals surface area contributed by atoms with Gasteiger partial charge < -0.3 is 0 Å². The molecule has 3 nitrogen and oxygen atoms in total. The summed E-state index contributed by atoms with van der Waals surface area (Å²) in [5.41, 5.74) is 8.40. The molecule has 0 aliphatic heterocycles. The molecule has 0 atom stereocenters. The van der Waals surface area contributed by atoms with Crippen LogP contribution in [0.2, 0.25) is 0 Å². The van der Waals surface area contributed by atoms with Gasteiger partial charge in [0.1, 0.15) is 5.03 Å². The second kappa shape index (κ2) is 6.96. The van der Waals surface area contributed by atoms with Crippen LogP contribution in [-0.2, 0) is 5.75 Å². The minimum atomic E-state index is 0.906. The van der Waals surface area contributed by atoms with Gasteiger partial charge in [-0.05, 0) is 43.5 Å². The van der Waals surface area contributed by atoms with Gasteiger partial charge in [-0.15, -0.1) is 0 Å². The Bertz CT molecular complexity index is 1080. The van der Waals surface area contributed by atoms with Gasteiger partial charge in [0.05, 0.1) is 11.2 Å². The Morgan fingerprint density at radius 3 is 2.62 bits per heavy atom. The van der Waals surface area contributed by atoms with Crippen LogP contribution < -0.4 is 0 Å². The fourth-order valence-corrected chi connectivity index (χ4v) is 4.21. The van der Waals surface area contributed by atoms with Crippen molar-refractivity contribution in [2.45, 2.75) is 31.6 Å². The Morgan fingerprint density at radius 1 is 0.962 bits per heavy atom. The van der Waals surface area contributed by atoms with E-state index in [4.69, 9.17) is 5.10 Å². The molecule has 0 spiro atoms. The molecular formula is C22H21N3S. The van der Waals surface area contributed by atoms with Crippen molar-refractivity contribution in [1.29, 1.82) is 0 Å². The minimum absolute atomic E-state index is 0.906. The van der Waals surface area contributed by atoms with Crippen molar-refractivity contribution < 1.29 is 0 Å². The van der Waals surface area contributed by atoms with Crippen molar-refractivity contribution >= 4 is 17.3 Å². The summed E-state index contributed by atoms with van der Waals surface area (Å²) in [6.45, 7) is 6.41. The lowest BCUT2D eigenvalue weighted by Crippen LogP contribution is -1.92. The van der Waals surface area contributed by atoms with Crippen molar-refractivity contribution in [3.05, 3.63) is 83.2 Å². The SMILES string of the molecule is Cc1ccc(-c2cc3c(SCc4ccccc4C)nccn3n2)c(C)c1. The highest BCUT2D eigenvalue weighted by Crippen LogP contribution is 2.30. The molecule has 26 heavy (non-hydrogen) atoms. The Kier molecular flexibility index (Phi) is 4.51. The van der Waals surface area contributed by atoms with Gasteiger partial charge in [0.15, 0.2) is 0 Å². The lowest BCUT2D eigenvalue weighted by Gasteiger charge is -2.05. The van der Waals surface area contributed by atoms with E-state index in [1.807, 2.05) is 16.9 Å². The van der Waals surface area contributed by atoms with Crippen LogP contribution in [0.3, 0.4) is 0 Å². The number of aromatic nitrogens is 3. The molecule has 130 valence electrons. The third kappa shape index (κ3) is 3.25. The van der Waals surface area contributed by atoms with E-state index in [0.717, 1.165) is 22.0 Å². The van der Waals surface area contributed by atoms with Crippen LogP contribution in [0.4, 0.5) is 0 Å². The number of rotatable bonds is 4. The zero-order valence-corrected chi connectivity index (χ0v) is 16.0. The fraction of sp³-hybridized carbons (Fsp3) is 0.182. The van der Waals surface area contributed by atoms with E-state index < -0.39 is 0 Å². The maximum absolute atomic E-state index is 4.77. The average molecular weight is 359 g/mol. The van der Waals surface area contributed by atoms with Crippen LogP contribution in [0.5, 0.6) is 0 Å². The van der Waals surface area contributed by atoms with Crippen molar-refractivity contribution in [2.75, 3.05) is 0 Å². The molecule has 0 saturated carbocycles. The molecule has 2 aromatic heterocycles. The first-order chi connectivity index (χ1) is 12.6. The van der Waals surface area contributed by atoms with E-state index in [1.54, 1.807) is 11.8 Å². The molecule has 4 aromatic rings. The summed E-state index contributed by atoms with van der Waals surface area (Å²) in [4.78, 5) is 4.60. The normalized spacial score (nSPS) is 11.2. The van der Waals surface area contributed by atoms with E-state index in [9.17, 15) is 0 Å². The predicted octanol–water partition coefficient (Wildman–Crippen LogP) is 5.61. The summed E-state index contributed by atoms with van der Waals surface area (Å²) < 4.78 is 1.93. The molecule has 0 bridgehead atoms. The monoisotopic (exact) mass is 359 g/mol. The summed E-state index contributed by atoms with van der Waals surface area (Å²) in [6.07, 6.45) is 3.74. The number of hydrogen-bond acceptors (Lipinski definition) is 3. The van der Waals surface area contributed by atoms with Gasteiger partial charge in [-0.2, -0.15) is 5.10 Å². The van der Waals surface area contributed by atoms with Crippen LogP contribution in [0.25, 0.3) is 16.8 Å². The molecule has 4 rings (SSSR count). The van der Waals surface area contributed by atoms with Crippen molar-refractivity contribution in [3.63, 3.8) is 0 Å². The molecule has 0 fully saturated rings. The van der Waals surface area contributed by atoms with Gasteiger partial charge in [-0.1, -0.05) is 59.8 Å². The lowest BCUT2D eigenvalue weighted by molar-refractivity contribution is 0.920.